The standard InChI is InChI=1S/C13H12FNO3/c1-7(12(15)16)4-9-5-8-2-3-10(14)6-11(8)18-13(9)17/h2-3,5-7H,4H2,1H3,(H2,15,16). The van der Waals surface area contributed by atoms with Crippen molar-refractivity contribution in [3.8, 4) is 0 Å². The van der Waals surface area contributed by atoms with Gasteiger partial charge in [0.1, 0.15) is 11.4 Å². The van der Waals surface area contributed by atoms with Gasteiger partial charge in [-0.15, -0.1) is 0 Å². The number of hydrogen-bond donors (Lipinski definition) is 1. The van der Waals surface area contributed by atoms with E-state index in [1.54, 1.807) is 13.0 Å². The zero-order valence-corrected chi connectivity index (χ0v) is 9.77. The number of carbonyl (C=O) groups excluding carboxylic acids is 1. The van der Waals surface area contributed by atoms with Crippen LogP contribution >= 0.6 is 0 Å². The lowest BCUT2D eigenvalue weighted by Crippen LogP contribution is -2.24. The van der Waals surface area contributed by atoms with E-state index in [0.29, 0.717) is 10.9 Å². The number of primary amides is 1. The maximum atomic E-state index is 13.0. The van der Waals surface area contributed by atoms with Gasteiger partial charge < -0.3 is 10.2 Å². The number of fused-ring (bicyclic) bond motifs is 1. The lowest BCUT2D eigenvalue weighted by atomic mass is 10.0. The fourth-order valence-corrected chi connectivity index (χ4v) is 1.70. The molecule has 0 spiro atoms. The molecule has 5 heteroatoms. The second kappa shape index (κ2) is 4.60. The van der Waals surface area contributed by atoms with Crippen molar-refractivity contribution in [1.82, 2.24) is 0 Å². The van der Waals surface area contributed by atoms with Gasteiger partial charge in [-0.2, -0.15) is 0 Å². The Morgan fingerprint density at radius 2 is 2.17 bits per heavy atom. The molecule has 1 unspecified atom stereocenters. The number of nitrogens with two attached hydrogens (primary N) is 1. The van der Waals surface area contributed by atoms with Crippen LogP contribution in [0.15, 0.2) is 33.5 Å². The van der Waals surface area contributed by atoms with Crippen LogP contribution in [0.3, 0.4) is 0 Å². The highest BCUT2D eigenvalue weighted by Gasteiger charge is 2.14. The average Bonchev–Trinajstić information content (AvgIpc) is 2.30. The van der Waals surface area contributed by atoms with Gasteiger partial charge in [0.15, 0.2) is 0 Å². The molecule has 2 aromatic rings. The molecule has 4 nitrogen and oxygen atoms in total. The minimum absolute atomic E-state index is 0.190. The Balaban J connectivity index is 2.47. The third-order valence-corrected chi connectivity index (χ3v) is 2.78. The van der Waals surface area contributed by atoms with Gasteiger partial charge in [-0.1, -0.05) is 6.92 Å². The highest BCUT2D eigenvalue weighted by atomic mass is 19.1. The molecule has 0 aliphatic carbocycles. The molecule has 0 fully saturated rings. The monoisotopic (exact) mass is 249 g/mol. The predicted octanol–water partition coefficient (Wildman–Crippen LogP) is 1.60. The summed E-state index contributed by atoms with van der Waals surface area (Å²) >= 11 is 0. The van der Waals surface area contributed by atoms with Gasteiger partial charge in [0.05, 0.1) is 0 Å². The zero-order chi connectivity index (χ0) is 13.3. The second-order valence-corrected chi connectivity index (χ2v) is 4.25. The summed E-state index contributed by atoms with van der Waals surface area (Å²) in [5, 5.41) is 0.614. The summed E-state index contributed by atoms with van der Waals surface area (Å²) in [4.78, 5) is 22.6. The van der Waals surface area contributed by atoms with Crippen LogP contribution in [0.4, 0.5) is 4.39 Å². The highest BCUT2D eigenvalue weighted by Crippen LogP contribution is 2.16. The van der Waals surface area contributed by atoms with Crippen LogP contribution in [0, 0.1) is 11.7 Å². The number of rotatable bonds is 3. The Labute approximate surface area is 102 Å². The third-order valence-electron chi connectivity index (χ3n) is 2.78. The lowest BCUT2D eigenvalue weighted by Gasteiger charge is -2.06. The van der Waals surface area contributed by atoms with Crippen molar-refractivity contribution in [2.24, 2.45) is 11.7 Å². The predicted molar refractivity (Wildman–Crippen MR) is 64.5 cm³/mol. The van der Waals surface area contributed by atoms with Crippen molar-refractivity contribution >= 4 is 16.9 Å². The largest absolute Gasteiger partial charge is 0.422 e. The molecular weight excluding hydrogens is 237 g/mol. The first-order valence-corrected chi connectivity index (χ1v) is 5.49. The molecule has 0 saturated carbocycles. The van der Waals surface area contributed by atoms with E-state index in [9.17, 15) is 14.0 Å². The van der Waals surface area contributed by atoms with E-state index >= 15 is 0 Å². The molecule has 0 bridgehead atoms. The topological polar surface area (TPSA) is 73.3 Å². The number of hydrogen-bond acceptors (Lipinski definition) is 3. The Morgan fingerprint density at radius 3 is 2.83 bits per heavy atom. The van der Waals surface area contributed by atoms with Gasteiger partial charge in [0.2, 0.25) is 5.91 Å². The summed E-state index contributed by atoms with van der Waals surface area (Å²) in [6, 6.07) is 5.55. The Kier molecular flexibility index (Phi) is 3.14. The first-order valence-electron chi connectivity index (χ1n) is 5.49. The van der Waals surface area contributed by atoms with Crippen LogP contribution < -0.4 is 11.4 Å². The maximum Gasteiger partial charge on any atom is 0.339 e. The van der Waals surface area contributed by atoms with E-state index in [-0.39, 0.29) is 12.0 Å². The van der Waals surface area contributed by atoms with Gasteiger partial charge >= 0.3 is 5.63 Å². The van der Waals surface area contributed by atoms with Crippen LogP contribution in [0.1, 0.15) is 12.5 Å². The molecule has 18 heavy (non-hydrogen) atoms. The van der Waals surface area contributed by atoms with E-state index in [4.69, 9.17) is 10.2 Å². The van der Waals surface area contributed by atoms with Crippen molar-refractivity contribution < 1.29 is 13.6 Å². The summed E-state index contributed by atoms with van der Waals surface area (Å²) in [5.41, 5.74) is 5.13. The fraction of sp³-hybridized carbons (Fsp3) is 0.231. The Morgan fingerprint density at radius 1 is 1.44 bits per heavy atom. The first-order chi connectivity index (χ1) is 8.47. The molecule has 2 rings (SSSR count). The second-order valence-electron chi connectivity index (χ2n) is 4.25. The summed E-state index contributed by atoms with van der Waals surface area (Å²) in [6.07, 6.45) is 0.213. The molecule has 0 saturated heterocycles. The normalized spacial score (nSPS) is 12.6. The summed E-state index contributed by atoms with van der Waals surface area (Å²) in [7, 11) is 0. The van der Waals surface area contributed by atoms with Crippen LogP contribution in [0.5, 0.6) is 0 Å². The van der Waals surface area contributed by atoms with E-state index in [0.717, 1.165) is 6.07 Å². The minimum Gasteiger partial charge on any atom is -0.422 e. The average molecular weight is 249 g/mol. The van der Waals surface area contributed by atoms with E-state index in [2.05, 4.69) is 0 Å². The van der Waals surface area contributed by atoms with E-state index < -0.39 is 23.3 Å². The number of carbonyl (C=O) groups is 1. The van der Waals surface area contributed by atoms with E-state index in [1.165, 1.54) is 12.1 Å². The van der Waals surface area contributed by atoms with Crippen molar-refractivity contribution in [3.63, 3.8) is 0 Å². The zero-order valence-electron chi connectivity index (χ0n) is 9.77. The summed E-state index contributed by atoms with van der Waals surface area (Å²) in [5.74, 6) is -1.40. The number of amides is 1. The molecule has 1 aromatic heterocycles. The van der Waals surface area contributed by atoms with Crippen LogP contribution in [0.25, 0.3) is 11.0 Å². The molecule has 94 valence electrons. The molecule has 0 radical (unpaired) electrons. The van der Waals surface area contributed by atoms with Crippen LogP contribution in [-0.2, 0) is 11.2 Å². The molecule has 0 aliphatic heterocycles. The van der Waals surface area contributed by atoms with Crippen LogP contribution in [-0.4, -0.2) is 5.91 Å². The highest BCUT2D eigenvalue weighted by molar-refractivity contribution is 5.78. The molecule has 2 N–H and O–H groups in total. The number of benzene rings is 1. The Hall–Kier alpha value is -2.17. The van der Waals surface area contributed by atoms with Gasteiger partial charge in [-0.05, 0) is 24.6 Å². The minimum atomic E-state index is -0.568. The summed E-state index contributed by atoms with van der Waals surface area (Å²) < 4.78 is 18.0. The third kappa shape index (κ3) is 2.40. The van der Waals surface area contributed by atoms with Crippen molar-refractivity contribution in [2.75, 3.05) is 0 Å². The molecular formula is C13H12FNO3. The molecule has 1 amide bonds. The molecule has 1 aromatic carbocycles. The fourth-order valence-electron chi connectivity index (χ4n) is 1.70. The first kappa shape index (κ1) is 12.3. The van der Waals surface area contributed by atoms with Crippen molar-refractivity contribution in [1.29, 1.82) is 0 Å². The smallest absolute Gasteiger partial charge is 0.339 e. The SMILES string of the molecule is CC(Cc1cc2ccc(F)cc2oc1=O)C(N)=O. The van der Waals surface area contributed by atoms with Crippen molar-refractivity contribution in [2.45, 2.75) is 13.3 Å². The van der Waals surface area contributed by atoms with Gasteiger partial charge in [0.25, 0.3) is 0 Å². The van der Waals surface area contributed by atoms with Gasteiger partial charge in [-0.3, -0.25) is 4.79 Å². The van der Waals surface area contributed by atoms with Crippen molar-refractivity contribution in [3.05, 3.63) is 46.1 Å². The quantitative estimate of drug-likeness (QED) is 0.839. The molecule has 0 aliphatic rings. The van der Waals surface area contributed by atoms with Crippen LogP contribution in [0.2, 0.25) is 0 Å². The summed E-state index contributed by atoms with van der Waals surface area (Å²) in [6.45, 7) is 1.64. The molecule has 1 atom stereocenters. The lowest BCUT2D eigenvalue weighted by molar-refractivity contribution is -0.121. The maximum absolute atomic E-state index is 13.0. The van der Waals surface area contributed by atoms with Gasteiger partial charge in [-0.25, -0.2) is 9.18 Å². The molecule has 1 heterocycles. The number of halogens is 1. The van der Waals surface area contributed by atoms with E-state index in [1.807, 2.05) is 0 Å². The Bertz CT molecular complexity index is 663. The van der Waals surface area contributed by atoms with Gasteiger partial charge in [0, 0.05) is 22.9 Å².